The van der Waals surface area contributed by atoms with Crippen molar-refractivity contribution in [2.45, 2.75) is 32.8 Å². The first-order valence-electron chi connectivity index (χ1n) is 9.12. The highest BCUT2D eigenvalue weighted by atomic mass is 19.1. The van der Waals surface area contributed by atoms with Gasteiger partial charge in [0, 0.05) is 36.4 Å². The monoisotopic (exact) mass is 370 g/mol. The number of fused-ring (bicyclic) bond motifs is 1. The molecular formula is C21H23FN2O3. The summed E-state index contributed by atoms with van der Waals surface area (Å²) in [4.78, 5) is 26.8. The van der Waals surface area contributed by atoms with Gasteiger partial charge in [0.1, 0.15) is 12.4 Å². The summed E-state index contributed by atoms with van der Waals surface area (Å²) >= 11 is 0. The Hall–Kier alpha value is -2.89. The van der Waals surface area contributed by atoms with Crippen molar-refractivity contribution in [2.24, 2.45) is 0 Å². The number of para-hydroxylation sites is 1. The van der Waals surface area contributed by atoms with Crippen LogP contribution in [-0.4, -0.2) is 25.0 Å². The molecule has 0 unspecified atom stereocenters. The van der Waals surface area contributed by atoms with Crippen molar-refractivity contribution < 1.29 is 18.7 Å². The largest absolute Gasteiger partial charge is 0.460 e. The van der Waals surface area contributed by atoms with Crippen molar-refractivity contribution in [3.05, 3.63) is 59.4 Å². The van der Waals surface area contributed by atoms with Gasteiger partial charge in [0.2, 0.25) is 5.91 Å². The van der Waals surface area contributed by atoms with Gasteiger partial charge in [0.25, 0.3) is 0 Å². The number of nitrogens with zero attached hydrogens (tertiary/aromatic N) is 1. The molecule has 6 heteroatoms. The molecule has 2 aromatic rings. The van der Waals surface area contributed by atoms with Gasteiger partial charge in [-0.1, -0.05) is 24.3 Å². The van der Waals surface area contributed by atoms with E-state index in [-0.39, 0.29) is 18.9 Å². The zero-order chi connectivity index (χ0) is 19.4. The van der Waals surface area contributed by atoms with E-state index in [0.29, 0.717) is 11.3 Å². The maximum atomic E-state index is 13.4. The Morgan fingerprint density at radius 3 is 2.70 bits per heavy atom. The lowest BCUT2D eigenvalue weighted by atomic mass is 9.90. The highest BCUT2D eigenvalue weighted by Crippen LogP contribution is 2.34. The quantitative estimate of drug-likeness (QED) is 0.785. The number of amides is 1. The number of halogens is 1. The van der Waals surface area contributed by atoms with Crippen LogP contribution >= 0.6 is 0 Å². The standard InChI is InChI=1S/C21H23FN2O3/c1-3-24(4-2)19-8-6-5-7-14(19)13-27-21(26)17-12-20(25)23-18-11-15(22)9-10-16(17)18/h5-11,17H,3-4,12-13H2,1-2H3,(H,23,25)/t17-/m1/s1. The molecule has 0 radical (unpaired) electrons. The predicted octanol–water partition coefficient (Wildman–Crippen LogP) is 3.84. The summed E-state index contributed by atoms with van der Waals surface area (Å²) in [5, 5.41) is 2.61. The zero-order valence-electron chi connectivity index (χ0n) is 15.5. The van der Waals surface area contributed by atoms with Gasteiger partial charge in [-0.2, -0.15) is 0 Å². The molecule has 0 saturated carbocycles. The third-order valence-electron chi connectivity index (χ3n) is 4.80. The topological polar surface area (TPSA) is 58.6 Å². The van der Waals surface area contributed by atoms with E-state index < -0.39 is 17.7 Å². The van der Waals surface area contributed by atoms with Gasteiger partial charge < -0.3 is 15.0 Å². The Morgan fingerprint density at radius 1 is 1.22 bits per heavy atom. The van der Waals surface area contributed by atoms with E-state index in [4.69, 9.17) is 4.74 Å². The Labute approximate surface area is 158 Å². The van der Waals surface area contributed by atoms with Crippen LogP contribution in [0.15, 0.2) is 42.5 Å². The molecular weight excluding hydrogens is 347 g/mol. The fourth-order valence-corrected chi connectivity index (χ4v) is 3.40. The number of carbonyl (C=O) groups is 2. The van der Waals surface area contributed by atoms with Crippen molar-refractivity contribution in [2.75, 3.05) is 23.3 Å². The minimum absolute atomic E-state index is 0.00480. The molecule has 0 spiro atoms. The highest BCUT2D eigenvalue weighted by molar-refractivity contribution is 6.00. The zero-order valence-corrected chi connectivity index (χ0v) is 15.5. The smallest absolute Gasteiger partial charge is 0.314 e. The second-order valence-electron chi connectivity index (χ2n) is 6.45. The van der Waals surface area contributed by atoms with Crippen LogP contribution in [0, 0.1) is 5.82 Å². The molecule has 2 aromatic carbocycles. The molecule has 0 saturated heterocycles. The SMILES string of the molecule is CCN(CC)c1ccccc1COC(=O)[C@@H]1CC(=O)Nc2cc(F)ccc21. The lowest BCUT2D eigenvalue weighted by molar-refractivity contribution is -0.148. The van der Waals surface area contributed by atoms with Crippen molar-refractivity contribution in [1.29, 1.82) is 0 Å². The maximum absolute atomic E-state index is 13.4. The number of rotatable bonds is 6. The van der Waals surface area contributed by atoms with Crippen LogP contribution in [0.5, 0.6) is 0 Å². The molecule has 3 rings (SSSR count). The number of carbonyl (C=O) groups excluding carboxylic acids is 2. The van der Waals surface area contributed by atoms with E-state index in [2.05, 4.69) is 24.1 Å². The first-order valence-corrected chi connectivity index (χ1v) is 9.12. The van der Waals surface area contributed by atoms with Crippen LogP contribution in [-0.2, 0) is 20.9 Å². The molecule has 0 aromatic heterocycles. The molecule has 1 aliphatic heterocycles. The third-order valence-corrected chi connectivity index (χ3v) is 4.80. The number of hydrogen-bond acceptors (Lipinski definition) is 4. The van der Waals surface area contributed by atoms with Gasteiger partial charge in [-0.15, -0.1) is 0 Å². The lowest BCUT2D eigenvalue weighted by Crippen LogP contribution is -2.29. The van der Waals surface area contributed by atoms with Crippen molar-refractivity contribution in [1.82, 2.24) is 0 Å². The molecule has 1 N–H and O–H groups in total. The average Bonchev–Trinajstić information content (AvgIpc) is 2.67. The first-order chi connectivity index (χ1) is 13.0. The fraction of sp³-hybridized carbons (Fsp3) is 0.333. The van der Waals surface area contributed by atoms with E-state index in [1.807, 2.05) is 24.3 Å². The van der Waals surface area contributed by atoms with Crippen molar-refractivity contribution in [3.63, 3.8) is 0 Å². The second-order valence-corrected chi connectivity index (χ2v) is 6.45. The number of benzene rings is 2. The van der Waals surface area contributed by atoms with Crippen LogP contribution in [0.25, 0.3) is 0 Å². The summed E-state index contributed by atoms with van der Waals surface area (Å²) in [6, 6.07) is 11.8. The van der Waals surface area contributed by atoms with E-state index in [1.165, 1.54) is 18.2 Å². The molecule has 1 aliphatic rings. The molecule has 1 atom stereocenters. The molecule has 1 amide bonds. The van der Waals surface area contributed by atoms with E-state index in [9.17, 15) is 14.0 Å². The molecule has 0 fully saturated rings. The maximum Gasteiger partial charge on any atom is 0.314 e. The molecule has 0 bridgehead atoms. The number of anilines is 2. The minimum Gasteiger partial charge on any atom is -0.460 e. The molecule has 142 valence electrons. The fourth-order valence-electron chi connectivity index (χ4n) is 3.40. The van der Waals surface area contributed by atoms with Gasteiger partial charge in [-0.3, -0.25) is 9.59 Å². The summed E-state index contributed by atoms with van der Waals surface area (Å²) in [6.45, 7) is 5.97. The lowest BCUT2D eigenvalue weighted by Gasteiger charge is -2.26. The third kappa shape index (κ3) is 4.10. The Kier molecular flexibility index (Phi) is 5.74. The van der Waals surface area contributed by atoms with Crippen molar-refractivity contribution >= 4 is 23.3 Å². The van der Waals surface area contributed by atoms with E-state index in [0.717, 1.165) is 24.3 Å². The van der Waals surface area contributed by atoms with Gasteiger partial charge in [-0.05, 0) is 37.6 Å². The molecule has 5 nitrogen and oxygen atoms in total. The number of ether oxygens (including phenoxy) is 1. The first kappa shape index (κ1) is 18.9. The van der Waals surface area contributed by atoms with Crippen LogP contribution in [0.1, 0.15) is 37.3 Å². The Bertz CT molecular complexity index is 849. The number of nitrogens with one attached hydrogen (secondary N) is 1. The van der Waals surface area contributed by atoms with Crippen LogP contribution in [0.4, 0.5) is 15.8 Å². The summed E-state index contributed by atoms with van der Waals surface area (Å²) < 4.78 is 19.0. The van der Waals surface area contributed by atoms with Crippen molar-refractivity contribution in [3.8, 4) is 0 Å². The molecule has 1 heterocycles. The summed E-state index contributed by atoms with van der Waals surface area (Å²) in [6.07, 6.45) is -0.00480. The van der Waals surface area contributed by atoms with E-state index in [1.54, 1.807) is 0 Å². The van der Waals surface area contributed by atoms with Gasteiger partial charge in [-0.25, -0.2) is 4.39 Å². The molecule has 0 aliphatic carbocycles. The van der Waals surface area contributed by atoms with Gasteiger partial charge in [0.15, 0.2) is 0 Å². The molecule has 27 heavy (non-hydrogen) atoms. The van der Waals surface area contributed by atoms with Crippen LogP contribution in [0.3, 0.4) is 0 Å². The Balaban J connectivity index is 1.77. The minimum atomic E-state index is -0.727. The van der Waals surface area contributed by atoms with Crippen LogP contribution < -0.4 is 10.2 Å². The van der Waals surface area contributed by atoms with Crippen LogP contribution in [0.2, 0.25) is 0 Å². The number of esters is 1. The predicted molar refractivity (Wildman–Crippen MR) is 102 cm³/mol. The second kappa shape index (κ2) is 8.20. The van der Waals surface area contributed by atoms with Gasteiger partial charge in [0.05, 0.1) is 5.92 Å². The summed E-state index contributed by atoms with van der Waals surface area (Å²) in [5.74, 6) is -1.99. The summed E-state index contributed by atoms with van der Waals surface area (Å²) in [7, 11) is 0. The summed E-state index contributed by atoms with van der Waals surface area (Å²) in [5.41, 5.74) is 2.85. The van der Waals surface area contributed by atoms with Gasteiger partial charge >= 0.3 is 5.97 Å². The average molecular weight is 370 g/mol. The normalized spacial score (nSPS) is 15.7. The Morgan fingerprint density at radius 2 is 1.96 bits per heavy atom. The number of hydrogen-bond donors (Lipinski definition) is 1. The van der Waals surface area contributed by atoms with E-state index >= 15 is 0 Å². The highest BCUT2D eigenvalue weighted by Gasteiger charge is 2.32.